The van der Waals surface area contributed by atoms with E-state index in [1.165, 1.54) is 0 Å². The molecule has 1 heterocycles. The van der Waals surface area contributed by atoms with Crippen molar-refractivity contribution in [2.24, 2.45) is 10.2 Å². The zero-order chi connectivity index (χ0) is 6.85. The molecule has 1 aliphatic heterocycles. The summed E-state index contributed by atoms with van der Waals surface area (Å²) >= 11 is 0. The highest BCUT2D eigenvalue weighted by Gasteiger charge is 2.21. The van der Waals surface area contributed by atoms with Gasteiger partial charge in [0.25, 0.3) is 0 Å². The maximum absolute atomic E-state index is 8.33. The minimum Gasteiger partial charge on any atom is -0.361 e. The largest absolute Gasteiger partial charge is 0.361 e. The quantitative estimate of drug-likeness (QED) is 0.332. The van der Waals surface area contributed by atoms with Crippen molar-refractivity contribution in [3.05, 3.63) is 5.53 Å². The van der Waals surface area contributed by atoms with Crippen molar-refractivity contribution in [1.82, 2.24) is 0 Å². The predicted molar refractivity (Wildman–Crippen MR) is 34.8 cm³/mol. The lowest BCUT2D eigenvalue weighted by Crippen LogP contribution is -2.15. The topological polar surface area (TPSA) is 61.1 Å². The van der Waals surface area contributed by atoms with Gasteiger partial charge in [-0.15, -0.1) is 10.2 Å². The molecule has 0 fully saturated rings. The van der Waals surface area contributed by atoms with Crippen LogP contribution in [0.15, 0.2) is 10.2 Å². The molecule has 0 spiro atoms. The van der Waals surface area contributed by atoms with Gasteiger partial charge in [-0.25, -0.2) is 0 Å². The normalized spacial score (nSPS) is 16.9. The van der Waals surface area contributed by atoms with E-state index in [1.54, 1.807) is 13.8 Å². The summed E-state index contributed by atoms with van der Waals surface area (Å²) in [7, 11) is 0. The van der Waals surface area contributed by atoms with Gasteiger partial charge in [0.15, 0.2) is 11.4 Å². The van der Waals surface area contributed by atoms with Crippen LogP contribution in [0.1, 0.15) is 13.8 Å². The van der Waals surface area contributed by atoms with Crippen molar-refractivity contribution in [3.8, 4) is 0 Å². The molecule has 0 saturated heterocycles. The second-order valence-corrected chi connectivity index (χ2v) is 1.82. The van der Waals surface area contributed by atoms with E-state index in [4.69, 9.17) is 5.53 Å². The molecule has 4 nitrogen and oxygen atoms in total. The van der Waals surface area contributed by atoms with Crippen LogP contribution in [-0.4, -0.2) is 21.9 Å². The molecule has 0 radical (unpaired) electrons. The van der Waals surface area contributed by atoms with Gasteiger partial charge in [-0.05, 0) is 13.8 Å². The van der Waals surface area contributed by atoms with E-state index in [2.05, 4.69) is 15.0 Å². The summed E-state index contributed by atoms with van der Waals surface area (Å²) in [5.41, 5.74) is 10.1. The minimum absolute atomic E-state index is 0.481. The molecule has 0 atom stereocenters. The monoisotopic (exact) mass is 122 g/mol. The van der Waals surface area contributed by atoms with Gasteiger partial charge in [0.2, 0.25) is 0 Å². The van der Waals surface area contributed by atoms with E-state index >= 15 is 0 Å². The highest BCUT2D eigenvalue weighted by Crippen LogP contribution is 1.95. The van der Waals surface area contributed by atoms with E-state index in [0.717, 1.165) is 0 Å². The van der Waals surface area contributed by atoms with Crippen LogP contribution in [-0.2, 0) is 0 Å². The summed E-state index contributed by atoms with van der Waals surface area (Å²) < 4.78 is 0. The second-order valence-electron chi connectivity index (χ2n) is 1.82. The third-order valence-corrected chi connectivity index (χ3v) is 1.14. The van der Waals surface area contributed by atoms with Gasteiger partial charge in [0.1, 0.15) is 0 Å². The van der Waals surface area contributed by atoms with Gasteiger partial charge in [-0.2, -0.15) is 4.79 Å². The smallest absolute Gasteiger partial charge is 0.360 e. The molecule has 0 aromatic carbocycles. The third kappa shape index (κ3) is 0.795. The Balaban J connectivity index is 3.11. The van der Waals surface area contributed by atoms with Crippen LogP contribution in [0.5, 0.6) is 0 Å². The first kappa shape index (κ1) is 5.85. The molecular formula is C5H6N4. The molecule has 4 heteroatoms. The Labute approximate surface area is 52.5 Å². The van der Waals surface area contributed by atoms with Gasteiger partial charge in [-0.3, -0.25) is 0 Å². The van der Waals surface area contributed by atoms with E-state index < -0.39 is 0 Å². The van der Waals surface area contributed by atoms with Crippen LogP contribution in [0, 0.1) is 0 Å². The lowest BCUT2D eigenvalue weighted by molar-refractivity contribution is 0.00186. The van der Waals surface area contributed by atoms with Crippen LogP contribution in [0.3, 0.4) is 0 Å². The zero-order valence-corrected chi connectivity index (χ0v) is 5.29. The fourth-order valence-electron chi connectivity index (χ4n) is 0.651. The van der Waals surface area contributed by atoms with E-state index in [9.17, 15) is 0 Å². The molecule has 1 aliphatic rings. The van der Waals surface area contributed by atoms with Gasteiger partial charge < -0.3 is 5.53 Å². The van der Waals surface area contributed by atoms with Crippen molar-refractivity contribution in [3.63, 3.8) is 0 Å². The Bertz CT molecular complexity index is 222. The lowest BCUT2D eigenvalue weighted by Gasteiger charge is -1.77. The van der Waals surface area contributed by atoms with Crippen LogP contribution in [0.2, 0.25) is 0 Å². The fourth-order valence-corrected chi connectivity index (χ4v) is 0.651. The van der Waals surface area contributed by atoms with Gasteiger partial charge in [-0.1, -0.05) is 0 Å². The maximum Gasteiger partial charge on any atom is 0.360 e. The van der Waals surface area contributed by atoms with E-state index in [1.807, 2.05) is 0 Å². The molecule has 0 unspecified atom stereocenters. The van der Waals surface area contributed by atoms with Gasteiger partial charge in [0, 0.05) is 0 Å². The van der Waals surface area contributed by atoms with Gasteiger partial charge >= 0.3 is 5.71 Å². The Kier molecular flexibility index (Phi) is 1.24. The zero-order valence-electron chi connectivity index (χ0n) is 5.29. The Morgan fingerprint density at radius 3 is 1.89 bits per heavy atom. The first-order chi connectivity index (χ1) is 4.25. The number of rotatable bonds is 0. The Morgan fingerprint density at radius 2 is 1.67 bits per heavy atom. The molecule has 0 saturated carbocycles. The molecular weight excluding hydrogens is 116 g/mol. The molecule has 0 bridgehead atoms. The summed E-state index contributed by atoms with van der Waals surface area (Å²) in [6.45, 7) is 3.49. The average molecular weight is 122 g/mol. The van der Waals surface area contributed by atoms with Crippen molar-refractivity contribution in [2.75, 3.05) is 0 Å². The fraction of sp³-hybridized carbons (Fsp3) is 0.400. The van der Waals surface area contributed by atoms with Crippen molar-refractivity contribution < 1.29 is 4.79 Å². The second kappa shape index (κ2) is 1.91. The molecule has 1 rings (SSSR count). The maximum atomic E-state index is 8.33. The number of nitrogens with zero attached hydrogens (tertiary/aromatic N) is 4. The van der Waals surface area contributed by atoms with Crippen molar-refractivity contribution in [1.29, 1.82) is 0 Å². The highest BCUT2D eigenvalue weighted by atomic mass is 15.2. The predicted octanol–water partition coefficient (Wildman–Crippen LogP) is 0.508. The first-order valence-electron chi connectivity index (χ1n) is 2.57. The number of hydrogen-bond donors (Lipinski definition) is 0. The van der Waals surface area contributed by atoms with Crippen molar-refractivity contribution in [2.45, 2.75) is 13.8 Å². The summed E-state index contributed by atoms with van der Waals surface area (Å²) in [5, 5.41) is 7.37. The van der Waals surface area contributed by atoms with Gasteiger partial charge in [0.05, 0.1) is 0 Å². The summed E-state index contributed by atoms with van der Waals surface area (Å²) in [6, 6.07) is 0. The average Bonchev–Trinajstić information content (AvgIpc) is 2.12. The van der Waals surface area contributed by atoms with Crippen LogP contribution < -0.4 is 0 Å². The van der Waals surface area contributed by atoms with Crippen LogP contribution in [0.25, 0.3) is 5.53 Å². The lowest BCUT2D eigenvalue weighted by atomic mass is 10.2. The summed E-state index contributed by atoms with van der Waals surface area (Å²) in [5.74, 6) is 0. The molecule has 9 heavy (non-hydrogen) atoms. The van der Waals surface area contributed by atoms with E-state index in [0.29, 0.717) is 17.1 Å². The SMILES string of the molecule is CC1=NN=C(C)C1=[N+]=[N-]. The minimum atomic E-state index is 0.481. The third-order valence-electron chi connectivity index (χ3n) is 1.14. The first-order valence-corrected chi connectivity index (χ1v) is 2.57. The Hall–Kier alpha value is -1.28. The molecule has 0 aromatic rings. The highest BCUT2D eigenvalue weighted by molar-refractivity contribution is 6.67. The molecule has 0 aromatic heterocycles. The molecule has 0 amide bonds. The van der Waals surface area contributed by atoms with E-state index in [-0.39, 0.29) is 0 Å². The molecule has 46 valence electrons. The van der Waals surface area contributed by atoms with Crippen LogP contribution >= 0.6 is 0 Å². The molecule has 0 aliphatic carbocycles. The molecule has 0 N–H and O–H groups in total. The summed E-state index contributed by atoms with van der Waals surface area (Å²) in [4.78, 5) is 3.00. The number of hydrogen-bond acceptors (Lipinski definition) is 2. The van der Waals surface area contributed by atoms with Crippen molar-refractivity contribution >= 4 is 17.1 Å². The standard InChI is InChI=1S/C5H6N4/c1-3-5(7-6)4(2)9-8-3/h1-2H3. The summed E-state index contributed by atoms with van der Waals surface area (Å²) in [6.07, 6.45) is 0. The van der Waals surface area contributed by atoms with Crippen LogP contribution in [0.4, 0.5) is 0 Å². The Morgan fingerprint density at radius 1 is 1.22 bits per heavy atom.